The van der Waals surface area contributed by atoms with Crippen LogP contribution in [0.2, 0.25) is 0 Å². The van der Waals surface area contributed by atoms with Gasteiger partial charge in [0.25, 0.3) is 0 Å². The predicted octanol–water partition coefficient (Wildman–Crippen LogP) is 8.21. The maximum Gasteiger partial charge on any atom is -0.0389 e. The van der Waals surface area contributed by atoms with Crippen LogP contribution in [0.15, 0.2) is 0 Å². The van der Waals surface area contributed by atoms with Gasteiger partial charge in [0.1, 0.15) is 0 Å². The van der Waals surface area contributed by atoms with Gasteiger partial charge in [-0.15, -0.1) is 0 Å². The summed E-state index contributed by atoms with van der Waals surface area (Å²) in [7, 11) is 0. The second kappa shape index (κ2) is 18.1. The zero-order valence-corrected chi connectivity index (χ0v) is 17.4. The lowest BCUT2D eigenvalue weighted by molar-refractivity contribution is 0.219. The summed E-state index contributed by atoms with van der Waals surface area (Å²) in [6, 6.07) is 0. The Balaban J connectivity index is -0.000000286. The van der Waals surface area contributed by atoms with Crippen LogP contribution in [0.4, 0.5) is 0 Å². The molecule has 0 amide bonds. The van der Waals surface area contributed by atoms with E-state index in [1.807, 2.05) is 13.8 Å². The van der Waals surface area contributed by atoms with Crippen LogP contribution in [-0.2, 0) is 0 Å². The highest BCUT2D eigenvalue weighted by Crippen LogP contribution is 2.27. The van der Waals surface area contributed by atoms with E-state index in [0.29, 0.717) is 0 Å². The molecule has 0 aliphatic rings. The third kappa shape index (κ3) is 16.2. The van der Waals surface area contributed by atoms with Gasteiger partial charge in [-0.3, -0.25) is 0 Å². The minimum Gasteiger partial charge on any atom is -0.0683 e. The number of rotatable bonds is 8. The van der Waals surface area contributed by atoms with Crippen molar-refractivity contribution in [3.05, 3.63) is 0 Å². The Morgan fingerprint density at radius 2 is 1.14 bits per heavy atom. The van der Waals surface area contributed by atoms with Crippen LogP contribution in [0.5, 0.6) is 0 Å². The number of hydrogen-bond acceptors (Lipinski definition) is 0. The lowest BCUT2D eigenvalue weighted by Gasteiger charge is -2.28. The van der Waals surface area contributed by atoms with Gasteiger partial charge in [-0.2, -0.15) is 0 Å². The van der Waals surface area contributed by atoms with Gasteiger partial charge in [0.15, 0.2) is 0 Å². The van der Waals surface area contributed by atoms with Crippen molar-refractivity contribution in [2.45, 2.75) is 108 Å². The fourth-order valence-corrected chi connectivity index (χ4v) is 2.25. The van der Waals surface area contributed by atoms with Crippen LogP contribution in [0.1, 0.15) is 108 Å². The van der Waals surface area contributed by atoms with Crippen molar-refractivity contribution in [2.75, 3.05) is 0 Å². The van der Waals surface area contributed by atoms with Crippen molar-refractivity contribution >= 4 is 0 Å². The molecule has 0 spiro atoms. The third-order valence-electron chi connectivity index (χ3n) is 5.17. The summed E-state index contributed by atoms with van der Waals surface area (Å²) in [6.07, 6.45) is 6.85. The lowest BCUT2D eigenvalue weighted by Crippen LogP contribution is -2.20. The molecule has 0 aromatic heterocycles. The molecule has 4 unspecified atom stereocenters. The van der Waals surface area contributed by atoms with Crippen molar-refractivity contribution in [3.63, 3.8) is 0 Å². The zero-order chi connectivity index (χ0) is 17.4. The summed E-state index contributed by atoms with van der Waals surface area (Å²) in [6.45, 7) is 24.9. The molecule has 0 aliphatic heterocycles. The molecule has 0 heterocycles. The standard InChI is InChI=1S/C11H24.C8H18.C2H6/c1-7-9(4)11(6)10(5)8(2)3;1-4-6-7-8(3)5-2;1-2/h8-11H,7H2,1-6H3;8H,4-7H2,1-3H3;1-2H3. The van der Waals surface area contributed by atoms with E-state index in [0.717, 1.165) is 29.6 Å². The Kier molecular flexibility index (Phi) is 22.3. The smallest absolute Gasteiger partial charge is 0.0389 e. The second-order valence-electron chi connectivity index (χ2n) is 7.00. The fraction of sp³-hybridized carbons (Fsp3) is 1.00. The number of unbranched alkanes of at least 4 members (excludes halogenated alkanes) is 1. The average molecular weight is 301 g/mol. The first-order valence-electron chi connectivity index (χ1n) is 9.81. The zero-order valence-electron chi connectivity index (χ0n) is 17.4. The minimum atomic E-state index is 0.832. The van der Waals surface area contributed by atoms with Gasteiger partial charge in [0.2, 0.25) is 0 Å². The maximum atomic E-state index is 2.39. The quantitative estimate of drug-likeness (QED) is 0.423. The minimum absolute atomic E-state index is 0.832. The molecule has 0 saturated heterocycles. The molecule has 0 heteroatoms. The van der Waals surface area contributed by atoms with E-state index < -0.39 is 0 Å². The van der Waals surface area contributed by atoms with Crippen LogP contribution in [0, 0.1) is 29.6 Å². The largest absolute Gasteiger partial charge is 0.0683 e. The molecule has 0 N–H and O–H groups in total. The molecule has 0 bridgehead atoms. The number of hydrogen-bond donors (Lipinski definition) is 0. The molecule has 0 aliphatic carbocycles. The predicted molar refractivity (Wildman–Crippen MR) is 103 cm³/mol. The normalized spacial score (nSPS) is 16.0. The van der Waals surface area contributed by atoms with Crippen LogP contribution in [0.25, 0.3) is 0 Å². The summed E-state index contributed by atoms with van der Waals surface area (Å²) in [5.41, 5.74) is 0. The van der Waals surface area contributed by atoms with Gasteiger partial charge in [0, 0.05) is 0 Å². The van der Waals surface area contributed by atoms with E-state index in [1.165, 1.54) is 32.1 Å². The maximum absolute atomic E-state index is 2.39. The van der Waals surface area contributed by atoms with Gasteiger partial charge in [0.05, 0.1) is 0 Å². The van der Waals surface area contributed by atoms with Crippen molar-refractivity contribution in [2.24, 2.45) is 29.6 Å². The van der Waals surface area contributed by atoms with E-state index in [9.17, 15) is 0 Å². The first-order valence-corrected chi connectivity index (χ1v) is 9.81. The molecule has 132 valence electrons. The van der Waals surface area contributed by atoms with E-state index in [2.05, 4.69) is 62.3 Å². The van der Waals surface area contributed by atoms with E-state index in [1.54, 1.807) is 0 Å². The summed E-state index contributed by atoms with van der Waals surface area (Å²) in [5, 5.41) is 0. The lowest BCUT2D eigenvalue weighted by atomic mass is 9.78. The Bertz CT molecular complexity index is 171. The second-order valence-corrected chi connectivity index (χ2v) is 7.00. The summed E-state index contributed by atoms with van der Waals surface area (Å²) in [5.74, 6) is 4.41. The van der Waals surface area contributed by atoms with Gasteiger partial charge < -0.3 is 0 Å². The van der Waals surface area contributed by atoms with E-state index in [-0.39, 0.29) is 0 Å². The van der Waals surface area contributed by atoms with Crippen LogP contribution >= 0.6 is 0 Å². The molecule has 0 fully saturated rings. The highest BCUT2D eigenvalue weighted by Gasteiger charge is 2.19. The van der Waals surface area contributed by atoms with Gasteiger partial charge in [-0.05, 0) is 29.6 Å². The van der Waals surface area contributed by atoms with Crippen LogP contribution in [-0.4, -0.2) is 0 Å². The molecule has 0 aromatic rings. The highest BCUT2D eigenvalue weighted by molar-refractivity contribution is 4.69. The topological polar surface area (TPSA) is 0 Å². The first-order chi connectivity index (χ1) is 9.81. The first kappa shape index (κ1) is 25.9. The molecule has 0 rings (SSSR count). The van der Waals surface area contributed by atoms with E-state index >= 15 is 0 Å². The molecule has 0 nitrogen and oxygen atoms in total. The van der Waals surface area contributed by atoms with Crippen LogP contribution < -0.4 is 0 Å². The van der Waals surface area contributed by atoms with Crippen molar-refractivity contribution in [1.29, 1.82) is 0 Å². The van der Waals surface area contributed by atoms with Crippen molar-refractivity contribution in [1.82, 2.24) is 0 Å². The molecule has 4 atom stereocenters. The van der Waals surface area contributed by atoms with Gasteiger partial charge in [-0.25, -0.2) is 0 Å². The summed E-state index contributed by atoms with van der Waals surface area (Å²) >= 11 is 0. The summed E-state index contributed by atoms with van der Waals surface area (Å²) in [4.78, 5) is 0. The molecule has 21 heavy (non-hydrogen) atoms. The van der Waals surface area contributed by atoms with Crippen molar-refractivity contribution < 1.29 is 0 Å². The molecule has 0 aromatic carbocycles. The molecular formula is C21H48. The average Bonchev–Trinajstić information content (AvgIpc) is 2.52. The Morgan fingerprint density at radius 1 is 0.667 bits per heavy atom. The fourth-order valence-electron chi connectivity index (χ4n) is 2.25. The third-order valence-corrected chi connectivity index (χ3v) is 5.17. The molecule has 0 saturated carbocycles. The Labute approximate surface area is 138 Å². The monoisotopic (exact) mass is 300 g/mol. The van der Waals surface area contributed by atoms with Gasteiger partial charge in [-0.1, -0.05) is 108 Å². The molecular weight excluding hydrogens is 252 g/mol. The SMILES string of the molecule is CC.CCC(C)C(C)C(C)C(C)C.CCCCC(C)CC. The highest BCUT2D eigenvalue weighted by atomic mass is 14.2. The van der Waals surface area contributed by atoms with E-state index in [4.69, 9.17) is 0 Å². The van der Waals surface area contributed by atoms with Crippen molar-refractivity contribution in [3.8, 4) is 0 Å². The Morgan fingerprint density at radius 3 is 1.43 bits per heavy atom. The summed E-state index contributed by atoms with van der Waals surface area (Å²) < 4.78 is 0. The Hall–Kier alpha value is 0. The molecule has 0 radical (unpaired) electrons. The van der Waals surface area contributed by atoms with Crippen LogP contribution in [0.3, 0.4) is 0 Å². The van der Waals surface area contributed by atoms with Gasteiger partial charge >= 0.3 is 0 Å².